The third-order valence-electron chi connectivity index (χ3n) is 9.11. The monoisotopic (exact) mass is 398 g/mol. The molecule has 0 atom stereocenters. The largest absolute Gasteiger partial charge is 0.251 e. The van der Waals surface area contributed by atoms with Crippen LogP contribution in [0.3, 0.4) is 0 Å². The second-order valence-electron chi connectivity index (χ2n) is 10.8. The Hall–Kier alpha value is -0.850. The van der Waals surface area contributed by atoms with Crippen LogP contribution in [-0.2, 0) is 0 Å². The van der Waals surface area contributed by atoms with Gasteiger partial charge in [-0.15, -0.1) is 0 Å². The van der Waals surface area contributed by atoms with Crippen molar-refractivity contribution < 1.29 is 4.39 Å². The molecule has 1 aromatic carbocycles. The zero-order chi connectivity index (χ0) is 20.1. The molecule has 3 aliphatic carbocycles. The molecule has 162 valence electrons. The van der Waals surface area contributed by atoms with Gasteiger partial charge in [-0.05, 0) is 125 Å². The molecule has 3 fully saturated rings. The van der Waals surface area contributed by atoms with Gasteiger partial charge in [0.2, 0.25) is 0 Å². The van der Waals surface area contributed by atoms with Crippen molar-refractivity contribution in [3.8, 4) is 0 Å². The summed E-state index contributed by atoms with van der Waals surface area (Å²) in [5.74, 6) is 5.69. The Labute approximate surface area is 179 Å². The van der Waals surface area contributed by atoms with Crippen LogP contribution in [0, 0.1) is 36.5 Å². The molecule has 0 unspecified atom stereocenters. The first-order valence-corrected chi connectivity index (χ1v) is 12.9. The molecule has 0 saturated heterocycles. The summed E-state index contributed by atoms with van der Waals surface area (Å²) in [7, 11) is 0. The highest BCUT2D eigenvalue weighted by Crippen LogP contribution is 2.47. The van der Waals surface area contributed by atoms with Crippen molar-refractivity contribution in [2.24, 2.45) is 29.6 Å². The van der Waals surface area contributed by atoms with E-state index >= 15 is 0 Å². The number of halogens is 1. The average molecular weight is 399 g/mol. The highest BCUT2D eigenvalue weighted by atomic mass is 19.1. The molecule has 1 heteroatoms. The van der Waals surface area contributed by atoms with Crippen molar-refractivity contribution in [3.05, 3.63) is 35.4 Å². The molecule has 3 saturated carbocycles. The molecule has 1 aromatic rings. The molecule has 4 rings (SSSR count). The Balaban J connectivity index is 1.17. The molecule has 0 amide bonds. The van der Waals surface area contributed by atoms with E-state index in [4.69, 9.17) is 0 Å². The molecular weight excluding hydrogens is 355 g/mol. The third kappa shape index (κ3) is 5.65. The van der Waals surface area contributed by atoms with Gasteiger partial charge in [0.05, 0.1) is 6.67 Å². The van der Waals surface area contributed by atoms with Crippen molar-refractivity contribution in [1.29, 1.82) is 0 Å². The molecule has 0 nitrogen and oxygen atoms in total. The number of hydrogen-bond donors (Lipinski definition) is 0. The van der Waals surface area contributed by atoms with Crippen LogP contribution in [0.2, 0.25) is 0 Å². The maximum atomic E-state index is 12.4. The second kappa shape index (κ2) is 10.5. The Morgan fingerprint density at radius 3 is 1.59 bits per heavy atom. The van der Waals surface area contributed by atoms with Crippen LogP contribution < -0.4 is 0 Å². The Bertz CT molecular complexity index is 581. The average Bonchev–Trinajstić information content (AvgIpc) is 2.79. The summed E-state index contributed by atoms with van der Waals surface area (Å²) < 4.78 is 12.4. The lowest BCUT2D eigenvalue weighted by atomic mass is 9.64. The first kappa shape index (κ1) is 21.4. The van der Waals surface area contributed by atoms with Crippen LogP contribution in [0.1, 0.15) is 107 Å². The number of rotatable bonds is 6. The lowest BCUT2D eigenvalue weighted by Gasteiger charge is -2.41. The predicted molar refractivity (Wildman–Crippen MR) is 122 cm³/mol. The molecule has 0 spiro atoms. The first-order valence-electron chi connectivity index (χ1n) is 12.9. The maximum Gasteiger partial charge on any atom is 0.0894 e. The van der Waals surface area contributed by atoms with Crippen LogP contribution in [0.4, 0.5) is 4.39 Å². The fraction of sp³-hybridized carbons (Fsp3) is 0.786. The van der Waals surface area contributed by atoms with Crippen LogP contribution in [0.25, 0.3) is 0 Å². The van der Waals surface area contributed by atoms with Gasteiger partial charge in [0.25, 0.3) is 0 Å². The SMILES string of the molecule is Cc1ccc([C@H]2CC[C@H]([C@H]3CC[C@H]([C@H]4CC[C@H](CCCF)CC4)CC3)CC2)cc1. The second-order valence-corrected chi connectivity index (χ2v) is 10.8. The van der Waals surface area contributed by atoms with Gasteiger partial charge in [-0.1, -0.05) is 42.7 Å². The molecule has 0 aliphatic heterocycles. The van der Waals surface area contributed by atoms with Crippen LogP contribution in [0.15, 0.2) is 24.3 Å². The summed E-state index contributed by atoms with van der Waals surface area (Å²) >= 11 is 0. The van der Waals surface area contributed by atoms with E-state index in [9.17, 15) is 4.39 Å². The number of hydrogen-bond acceptors (Lipinski definition) is 0. The van der Waals surface area contributed by atoms with Gasteiger partial charge in [-0.25, -0.2) is 0 Å². The fourth-order valence-corrected chi connectivity index (χ4v) is 7.16. The van der Waals surface area contributed by atoms with Crippen LogP contribution in [0.5, 0.6) is 0 Å². The quantitative estimate of drug-likeness (QED) is 0.450. The Morgan fingerprint density at radius 2 is 1.10 bits per heavy atom. The highest BCUT2D eigenvalue weighted by Gasteiger charge is 2.34. The third-order valence-corrected chi connectivity index (χ3v) is 9.11. The van der Waals surface area contributed by atoms with E-state index in [1.54, 1.807) is 5.56 Å². The summed E-state index contributed by atoms with van der Waals surface area (Å²) in [6, 6.07) is 9.32. The normalized spacial score (nSPS) is 36.1. The van der Waals surface area contributed by atoms with Crippen LogP contribution in [-0.4, -0.2) is 6.67 Å². The van der Waals surface area contributed by atoms with E-state index in [1.807, 2.05) is 0 Å². The summed E-state index contributed by atoms with van der Waals surface area (Å²) in [6.45, 7) is 2.08. The topological polar surface area (TPSA) is 0 Å². The summed E-state index contributed by atoms with van der Waals surface area (Å²) in [4.78, 5) is 0. The minimum Gasteiger partial charge on any atom is -0.251 e. The number of benzene rings is 1. The Kier molecular flexibility index (Phi) is 7.71. The summed E-state index contributed by atoms with van der Waals surface area (Å²) in [5.41, 5.74) is 2.97. The van der Waals surface area contributed by atoms with Crippen LogP contribution >= 0.6 is 0 Å². The van der Waals surface area contributed by atoms with Crippen molar-refractivity contribution in [1.82, 2.24) is 0 Å². The standard InChI is InChI=1S/C28H43F/c1-21-4-8-23(9-5-21)25-12-16-27(17-13-25)28-18-14-26(15-19-28)24-10-6-22(7-11-24)3-2-20-29/h4-5,8-9,22,24-28H,2-3,6-7,10-20H2,1H3/t22-,24-,25-,26-,27-,28-. The minimum atomic E-state index is -0.114. The molecule has 29 heavy (non-hydrogen) atoms. The molecule has 0 radical (unpaired) electrons. The predicted octanol–water partition coefficient (Wildman–Crippen LogP) is 8.63. The van der Waals surface area contributed by atoms with Gasteiger partial charge in [-0.2, -0.15) is 0 Å². The molecular formula is C28H43F. The molecule has 0 N–H and O–H groups in total. The van der Waals surface area contributed by atoms with Gasteiger partial charge < -0.3 is 0 Å². The smallest absolute Gasteiger partial charge is 0.0894 e. The van der Waals surface area contributed by atoms with Crippen molar-refractivity contribution in [2.75, 3.05) is 6.67 Å². The summed E-state index contributed by atoms with van der Waals surface area (Å²) in [5, 5.41) is 0. The first-order chi connectivity index (χ1) is 14.2. The van der Waals surface area contributed by atoms with Crippen molar-refractivity contribution in [2.45, 2.75) is 103 Å². The van der Waals surface area contributed by atoms with Gasteiger partial charge in [0, 0.05) is 0 Å². The van der Waals surface area contributed by atoms with E-state index in [0.717, 1.165) is 48.3 Å². The van der Waals surface area contributed by atoms with Gasteiger partial charge in [0.15, 0.2) is 0 Å². The number of alkyl halides is 1. The van der Waals surface area contributed by atoms with Crippen molar-refractivity contribution >= 4 is 0 Å². The lowest BCUT2D eigenvalue weighted by molar-refractivity contribution is 0.108. The van der Waals surface area contributed by atoms with Crippen molar-refractivity contribution in [3.63, 3.8) is 0 Å². The molecule has 3 aliphatic rings. The van der Waals surface area contributed by atoms with E-state index in [0.29, 0.717) is 0 Å². The highest BCUT2D eigenvalue weighted by molar-refractivity contribution is 5.24. The van der Waals surface area contributed by atoms with Gasteiger partial charge >= 0.3 is 0 Å². The van der Waals surface area contributed by atoms with E-state index < -0.39 is 0 Å². The molecule has 0 aromatic heterocycles. The molecule has 0 heterocycles. The van der Waals surface area contributed by atoms with E-state index in [1.165, 1.54) is 82.6 Å². The maximum absolute atomic E-state index is 12.4. The van der Waals surface area contributed by atoms with E-state index in [-0.39, 0.29) is 6.67 Å². The summed E-state index contributed by atoms with van der Waals surface area (Å²) in [6.07, 6.45) is 19.4. The number of aryl methyl sites for hydroxylation is 1. The Morgan fingerprint density at radius 1 is 0.655 bits per heavy atom. The minimum absolute atomic E-state index is 0.114. The zero-order valence-corrected chi connectivity index (χ0v) is 18.8. The lowest BCUT2D eigenvalue weighted by Crippen LogP contribution is -2.29. The zero-order valence-electron chi connectivity index (χ0n) is 18.8. The van der Waals surface area contributed by atoms with E-state index in [2.05, 4.69) is 31.2 Å². The van der Waals surface area contributed by atoms with Gasteiger partial charge in [0.1, 0.15) is 0 Å². The fourth-order valence-electron chi connectivity index (χ4n) is 7.16. The van der Waals surface area contributed by atoms with Gasteiger partial charge in [-0.3, -0.25) is 4.39 Å². The molecule has 0 bridgehead atoms.